The number of rotatable bonds is 9. The van der Waals surface area contributed by atoms with E-state index < -0.39 is 12.0 Å². The number of nitrogens with zero attached hydrogens (tertiary/aromatic N) is 2. The molecule has 0 saturated carbocycles. The molecule has 4 rings (SSSR count). The zero-order valence-corrected chi connectivity index (χ0v) is 26.3. The molecule has 0 saturated heterocycles. The maximum Gasteiger partial charge on any atom is 0.338 e. The van der Waals surface area contributed by atoms with Gasteiger partial charge >= 0.3 is 5.97 Å². The molecule has 3 aromatic rings. The normalized spacial score (nSPS) is 15.0. The van der Waals surface area contributed by atoms with Gasteiger partial charge in [0.05, 0.1) is 55.9 Å². The van der Waals surface area contributed by atoms with E-state index in [-0.39, 0.29) is 23.8 Å². The summed E-state index contributed by atoms with van der Waals surface area (Å²) in [6, 6.07) is 8.37. The van der Waals surface area contributed by atoms with Gasteiger partial charge < -0.3 is 23.7 Å². The second-order valence-corrected chi connectivity index (χ2v) is 11.4. The number of allylic oxidation sites excluding steroid dienone is 1. The van der Waals surface area contributed by atoms with Gasteiger partial charge in [-0.2, -0.15) is 0 Å². The van der Waals surface area contributed by atoms with E-state index in [1.807, 2.05) is 32.0 Å². The zero-order chi connectivity index (χ0) is 29.1. The standard InChI is InChI=1S/C29H31IN2O7S/c1-8-38-28(34)24-16(4)31-29-32(25(24)17-9-10-20(39-15(2)3)21(12-17)35-5)27(33)23(40-29)13-18-11-19(30)14-22(36-6)26(18)37-7/h9-15,25H,8H2,1-7H3/b23-13+/t25-/m1/s1. The number of aromatic nitrogens is 1. The van der Waals surface area contributed by atoms with Crippen molar-refractivity contribution in [2.45, 2.75) is 39.8 Å². The third-order valence-corrected chi connectivity index (χ3v) is 7.75. The minimum Gasteiger partial charge on any atom is -0.493 e. The number of carbonyl (C=O) groups excluding carboxylic acids is 1. The summed E-state index contributed by atoms with van der Waals surface area (Å²) in [4.78, 5) is 32.4. The molecule has 1 aromatic heterocycles. The zero-order valence-electron chi connectivity index (χ0n) is 23.4. The maximum atomic E-state index is 14.0. The number of hydrogen-bond donors (Lipinski definition) is 0. The average Bonchev–Trinajstić information content (AvgIpc) is 3.21. The lowest BCUT2D eigenvalue weighted by Crippen LogP contribution is -2.40. The molecule has 2 aromatic carbocycles. The van der Waals surface area contributed by atoms with Crippen molar-refractivity contribution >= 4 is 46.0 Å². The smallest absolute Gasteiger partial charge is 0.338 e. The van der Waals surface area contributed by atoms with Crippen molar-refractivity contribution in [1.82, 2.24) is 4.57 Å². The van der Waals surface area contributed by atoms with Crippen LogP contribution in [-0.4, -0.2) is 44.6 Å². The van der Waals surface area contributed by atoms with E-state index in [9.17, 15) is 9.59 Å². The van der Waals surface area contributed by atoms with Gasteiger partial charge in [-0.3, -0.25) is 9.36 Å². The molecule has 1 aliphatic heterocycles. The van der Waals surface area contributed by atoms with Gasteiger partial charge in [-0.15, -0.1) is 0 Å². The molecule has 0 amide bonds. The summed E-state index contributed by atoms with van der Waals surface area (Å²) in [5, 5.41) is 0. The number of carbonyl (C=O) groups is 1. The summed E-state index contributed by atoms with van der Waals surface area (Å²) in [6.07, 6.45) is 1.69. The molecule has 0 aliphatic carbocycles. The Labute approximate surface area is 249 Å². The van der Waals surface area contributed by atoms with E-state index in [0.29, 0.717) is 49.2 Å². The van der Waals surface area contributed by atoms with E-state index in [0.717, 1.165) is 3.57 Å². The minimum absolute atomic E-state index is 0.0636. The molecule has 1 atom stereocenters. The summed E-state index contributed by atoms with van der Waals surface area (Å²) in [5.74, 6) is 1.59. The fourth-order valence-corrected chi connectivity index (χ4v) is 6.18. The maximum absolute atomic E-state index is 14.0. The molecule has 9 nitrogen and oxygen atoms in total. The fraction of sp³-hybridized carbons (Fsp3) is 0.345. The first-order valence-corrected chi connectivity index (χ1v) is 14.5. The first-order valence-electron chi connectivity index (χ1n) is 12.6. The highest BCUT2D eigenvalue weighted by Gasteiger charge is 2.34. The Balaban J connectivity index is 1.98. The van der Waals surface area contributed by atoms with Gasteiger partial charge in [-0.25, -0.2) is 9.79 Å². The van der Waals surface area contributed by atoms with Crippen LogP contribution in [0.1, 0.15) is 44.9 Å². The third kappa shape index (κ3) is 5.75. The van der Waals surface area contributed by atoms with Crippen LogP contribution in [-0.2, 0) is 9.53 Å². The highest BCUT2D eigenvalue weighted by atomic mass is 127. The number of ether oxygens (including phenoxy) is 5. The predicted molar refractivity (Wildman–Crippen MR) is 161 cm³/mol. The lowest BCUT2D eigenvalue weighted by Gasteiger charge is -2.25. The molecule has 0 N–H and O–H groups in total. The van der Waals surface area contributed by atoms with Crippen molar-refractivity contribution in [2.75, 3.05) is 27.9 Å². The van der Waals surface area contributed by atoms with Crippen LogP contribution in [0.3, 0.4) is 0 Å². The lowest BCUT2D eigenvalue weighted by molar-refractivity contribution is -0.139. The van der Waals surface area contributed by atoms with Crippen LogP contribution in [0.5, 0.6) is 23.0 Å². The lowest BCUT2D eigenvalue weighted by atomic mass is 9.95. The molecule has 11 heteroatoms. The van der Waals surface area contributed by atoms with Crippen molar-refractivity contribution in [3.05, 3.63) is 76.0 Å². The molecule has 0 unspecified atom stereocenters. The van der Waals surface area contributed by atoms with Crippen LogP contribution in [0.15, 0.2) is 51.4 Å². The van der Waals surface area contributed by atoms with Crippen LogP contribution in [0.2, 0.25) is 0 Å². The molecule has 0 fully saturated rings. The van der Waals surface area contributed by atoms with Gasteiger partial charge in [0.25, 0.3) is 5.56 Å². The first-order chi connectivity index (χ1) is 19.1. The van der Waals surface area contributed by atoms with Gasteiger partial charge in [0.15, 0.2) is 27.8 Å². The highest BCUT2D eigenvalue weighted by Crippen LogP contribution is 2.37. The fourth-order valence-electron chi connectivity index (χ4n) is 4.52. The third-order valence-electron chi connectivity index (χ3n) is 6.14. The number of methoxy groups -OCH3 is 3. The molecule has 2 heterocycles. The molecule has 1 aliphatic rings. The van der Waals surface area contributed by atoms with Crippen LogP contribution < -0.4 is 33.8 Å². The highest BCUT2D eigenvalue weighted by molar-refractivity contribution is 14.1. The van der Waals surface area contributed by atoms with E-state index in [4.69, 9.17) is 23.7 Å². The molecule has 0 bridgehead atoms. The first kappa shape index (κ1) is 29.7. The van der Waals surface area contributed by atoms with Crippen LogP contribution in [0.25, 0.3) is 6.08 Å². The van der Waals surface area contributed by atoms with E-state index in [1.165, 1.54) is 15.9 Å². The Morgan fingerprint density at radius 3 is 2.45 bits per heavy atom. The van der Waals surface area contributed by atoms with E-state index in [1.54, 1.807) is 53.4 Å². The SMILES string of the molecule is CCOC(=O)C1=C(C)N=c2s/c(=C/c3cc(I)cc(OC)c3OC)c(=O)n2[C@@H]1c1ccc(OC(C)C)c(OC)c1. The summed E-state index contributed by atoms with van der Waals surface area (Å²) in [7, 11) is 4.67. The second-order valence-electron chi connectivity index (χ2n) is 9.11. The van der Waals surface area contributed by atoms with Crippen LogP contribution >= 0.6 is 33.9 Å². The number of thiazole rings is 1. The van der Waals surface area contributed by atoms with Gasteiger partial charge in [0.1, 0.15) is 0 Å². The quantitative estimate of drug-likeness (QED) is 0.247. The van der Waals surface area contributed by atoms with Crippen molar-refractivity contribution in [3.8, 4) is 23.0 Å². The van der Waals surface area contributed by atoms with Gasteiger partial charge in [0.2, 0.25) is 0 Å². The monoisotopic (exact) mass is 678 g/mol. The van der Waals surface area contributed by atoms with Crippen molar-refractivity contribution in [1.29, 1.82) is 0 Å². The summed E-state index contributed by atoms with van der Waals surface area (Å²) in [6.45, 7) is 7.52. The number of benzene rings is 2. The van der Waals surface area contributed by atoms with Crippen LogP contribution in [0.4, 0.5) is 0 Å². The Hall–Kier alpha value is -3.32. The predicted octanol–water partition coefficient (Wildman–Crippen LogP) is 4.22. The van der Waals surface area contributed by atoms with Crippen LogP contribution in [0, 0.1) is 3.57 Å². The Bertz CT molecular complexity index is 1660. The number of fused-ring (bicyclic) bond motifs is 1. The molecule has 212 valence electrons. The minimum atomic E-state index is -0.785. The Kier molecular flexibility index (Phi) is 9.24. The molecule has 0 radical (unpaired) electrons. The second kappa shape index (κ2) is 12.5. The molecular weight excluding hydrogens is 647 g/mol. The van der Waals surface area contributed by atoms with Gasteiger partial charge in [-0.1, -0.05) is 17.4 Å². The largest absolute Gasteiger partial charge is 0.493 e. The molecular formula is C29H31IN2O7S. The van der Waals surface area contributed by atoms with E-state index in [2.05, 4.69) is 27.6 Å². The summed E-state index contributed by atoms with van der Waals surface area (Å²) >= 11 is 3.42. The summed E-state index contributed by atoms with van der Waals surface area (Å²) < 4.78 is 30.9. The van der Waals surface area contributed by atoms with Crippen molar-refractivity contribution < 1.29 is 28.5 Å². The average molecular weight is 679 g/mol. The number of hydrogen-bond acceptors (Lipinski definition) is 9. The topological polar surface area (TPSA) is 97.6 Å². The Morgan fingerprint density at radius 1 is 1.10 bits per heavy atom. The van der Waals surface area contributed by atoms with E-state index >= 15 is 0 Å². The molecule has 40 heavy (non-hydrogen) atoms. The number of halogens is 1. The van der Waals surface area contributed by atoms with Gasteiger partial charge in [0, 0.05) is 9.13 Å². The summed E-state index contributed by atoms with van der Waals surface area (Å²) in [5.41, 5.74) is 1.81. The van der Waals surface area contributed by atoms with Gasteiger partial charge in [-0.05, 0) is 86.2 Å². The van der Waals surface area contributed by atoms with Crippen molar-refractivity contribution in [2.24, 2.45) is 4.99 Å². The molecule has 0 spiro atoms. The number of esters is 1. The van der Waals surface area contributed by atoms with Crippen molar-refractivity contribution in [3.63, 3.8) is 0 Å². The Morgan fingerprint density at radius 2 is 1.82 bits per heavy atom.